The van der Waals surface area contributed by atoms with Crippen molar-refractivity contribution in [2.45, 2.75) is 6.92 Å². The zero-order valence-electron chi connectivity index (χ0n) is 16.8. The Balaban J connectivity index is 2.05. The molecule has 1 aromatic heterocycles. The molecule has 0 saturated carbocycles. The molecule has 152 valence electrons. The lowest BCUT2D eigenvalue weighted by Crippen LogP contribution is -2.13. The van der Waals surface area contributed by atoms with E-state index in [9.17, 15) is 9.36 Å². The minimum atomic E-state index is -2.44. The maximum Gasteiger partial charge on any atom is 0.295 e. The highest BCUT2D eigenvalue weighted by Crippen LogP contribution is 2.39. The molecule has 0 aliphatic heterocycles. The highest BCUT2D eigenvalue weighted by Gasteiger charge is 2.20. The van der Waals surface area contributed by atoms with Crippen LogP contribution in [0.3, 0.4) is 0 Å². The molecule has 0 saturated heterocycles. The van der Waals surface area contributed by atoms with Crippen LogP contribution in [0, 0.1) is 6.92 Å². The van der Waals surface area contributed by atoms with Crippen molar-refractivity contribution in [1.29, 1.82) is 0 Å². The van der Waals surface area contributed by atoms with Crippen LogP contribution in [0.4, 0.5) is 5.13 Å². The van der Waals surface area contributed by atoms with Crippen molar-refractivity contribution in [1.82, 2.24) is 10.2 Å². The molecular weight excluding hydrogens is 409 g/mol. The number of rotatable bonds is 6. The van der Waals surface area contributed by atoms with Gasteiger partial charge in [0.15, 0.2) is 0 Å². The van der Waals surface area contributed by atoms with Crippen LogP contribution in [0.25, 0.3) is 11.1 Å². The van der Waals surface area contributed by atoms with Gasteiger partial charge in [-0.2, -0.15) is 0 Å². The predicted octanol–water partition coefficient (Wildman–Crippen LogP) is 4.03. The molecule has 2 aromatic carbocycles. The molecule has 1 N–H and O–H groups in total. The van der Waals surface area contributed by atoms with Crippen LogP contribution >= 0.6 is 18.5 Å². The van der Waals surface area contributed by atoms with Crippen molar-refractivity contribution < 1.29 is 18.8 Å². The second-order valence-electron chi connectivity index (χ2n) is 6.82. The number of carbonyl (C=O) groups excluding carboxylic acids is 1. The van der Waals surface area contributed by atoms with Gasteiger partial charge >= 0.3 is 0 Å². The second kappa shape index (κ2) is 8.35. The molecule has 3 rings (SSSR count). The Kier molecular flexibility index (Phi) is 6.05. The van der Waals surface area contributed by atoms with E-state index in [0.29, 0.717) is 27.2 Å². The fourth-order valence-electron chi connectivity index (χ4n) is 2.82. The average Bonchev–Trinajstić information content (AvgIpc) is 3.14. The van der Waals surface area contributed by atoms with Gasteiger partial charge in [-0.1, -0.05) is 28.9 Å². The monoisotopic (exact) mass is 431 g/mol. The van der Waals surface area contributed by atoms with Gasteiger partial charge in [-0.15, -0.1) is 5.10 Å². The average molecular weight is 431 g/mol. The topological polar surface area (TPSA) is 90.4 Å². The highest BCUT2D eigenvalue weighted by molar-refractivity contribution is 7.70. The fraction of sp³-hybridized carbons (Fsp3) is 0.250. The number of aromatic nitrogens is 2. The van der Waals surface area contributed by atoms with Gasteiger partial charge in [-0.05, 0) is 55.4 Å². The number of nitrogens with zero attached hydrogens (tertiary/aromatic N) is 2. The van der Waals surface area contributed by atoms with Crippen LogP contribution in [0.5, 0.6) is 10.9 Å². The van der Waals surface area contributed by atoms with Gasteiger partial charge in [0.2, 0.25) is 5.13 Å². The summed E-state index contributed by atoms with van der Waals surface area (Å²) in [6.45, 7) is 5.38. The van der Waals surface area contributed by atoms with E-state index in [1.807, 2.05) is 31.2 Å². The first-order chi connectivity index (χ1) is 13.7. The van der Waals surface area contributed by atoms with Crippen molar-refractivity contribution >= 4 is 34.8 Å². The van der Waals surface area contributed by atoms with E-state index in [1.165, 1.54) is 7.11 Å². The van der Waals surface area contributed by atoms with Gasteiger partial charge in [0.25, 0.3) is 11.1 Å². The molecule has 0 bridgehead atoms. The molecule has 7 nitrogen and oxygen atoms in total. The molecule has 1 amide bonds. The van der Waals surface area contributed by atoms with Crippen molar-refractivity contribution in [3.8, 4) is 22.1 Å². The smallest absolute Gasteiger partial charge is 0.295 e. The minimum absolute atomic E-state index is 0.318. The summed E-state index contributed by atoms with van der Waals surface area (Å²) in [5.74, 6) is 0.241. The largest absolute Gasteiger partial charge is 0.496 e. The van der Waals surface area contributed by atoms with Crippen LogP contribution in [-0.4, -0.2) is 43.7 Å². The van der Waals surface area contributed by atoms with E-state index in [-0.39, 0.29) is 5.91 Å². The molecule has 9 heteroatoms. The van der Waals surface area contributed by atoms with Crippen LogP contribution in [0.2, 0.25) is 0 Å². The SMILES string of the molecule is COc1nnc(NC(=O)c2ccc(C)cc2-c2ccc(P(C)(C)=O)cc2OC)s1. The quantitative estimate of drug-likeness (QED) is 0.593. The zero-order chi connectivity index (χ0) is 21.2. The standard InChI is InChI=1S/C20H22N3O4PS/c1-12-6-8-15(18(24)21-19-22-23-20(27-3)29-19)16(10-12)14-9-7-13(28(4,5)25)11-17(14)26-2/h6-11H,1-5H3,(H,21,22,24). The number of amides is 1. The van der Waals surface area contributed by atoms with Gasteiger partial charge in [-0.3, -0.25) is 10.1 Å². The first-order valence-corrected chi connectivity index (χ1v) is 12.2. The number of nitrogens with one attached hydrogen (secondary N) is 1. The van der Waals surface area contributed by atoms with Gasteiger partial charge in [0, 0.05) is 16.4 Å². The van der Waals surface area contributed by atoms with Crippen molar-refractivity contribution in [3.05, 3.63) is 47.5 Å². The maximum absolute atomic E-state index is 12.9. The molecule has 0 spiro atoms. The Morgan fingerprint density at radius 2 is 1.79 bits per heavy atom. The minimum Gasteiger partial charge on any atom is -0.496 e. The summed E-state index contributed by atoms with van der Waals surface area (Å²) in [6, 6.07) is 11.0. The molecule has 0 unspecified atom stereocenters. The molecule has 1 heterocycles. The summed E-state index contributed by atoms with van der Waals surface area (Å²) in [7, 11) is 0.607. The third kappa shape index (κ3) is 4.66. The number of aryl methyl sites for hydroxylation is 1. The third-order valence-corrected chi connectivity index (χ3v) is 6.64. The first kappa shape index (κ1) is 21.0. The summed E-state index contributed by atoms with van der Waals surface area (Å²) in [6.07, 6.45) is 0. The number of carbonyl (C=O) groups is 1. The second-order valence-corrected chi connectivity index (χ2v) is 11.0. The first-order valence-electron chi connectivity index (χ1n) is 8.76. The van der Waals surface area contributed by atoms with E-state index >= 15 is 0 Å². The molecule has 0 radical (unpaired) electrons. The molecule has 29 heavy (non-hydrogen) atoms. The number of anilines is 1. The summed E-state index contributed by atoms with van der Waals surface area (Å²) in [4.78, 5) is 12.9. The predicted molar refractivity (Wildman–Crippen MR) is 117 cm³/mol. The van der Waals surface area contributed by atoms with Crippen LogP contribution in [0.15, 0.2) is 36.4 Å². The zero-order valence-corrected chi connectivity index (χ0v) is 18.6. The van der Waals surface area contributed by atoms with E-state index in [4.69, 9.17) is 9.47 Å². The lowest BCUT2D eigenvalue weighted by molar-refractivity contribution is 0.102. The Bertz CT molecular complexity index is 1110. The van der Waals surface area contributed by atoms with E-state index in [2.05, 4.69) is 15.5 Å². The summed E-state index contributed by atoms with van der Waals surface area (Å²) >= 11 is 1.14. The van der Waals surface area contributed by atoms with E-state index in [0.717, 1.165) is 27.8 Å². The molecule has 0 atom stereocenters. The van der Waals surface area contributed by atoms with Crippen LogP contribution in [-0.2, 0) is 4.57 Å². The lowest BCUT2D eigenvalue weighted by atomic mass is 9.96. The molecular formula is C20H22N3O4PS. The third-order valence-electron chi connectivity index (χ3n) is 4.32. The van der Waals surface area contributed by atoms with E-state index in [1.54, 1.807) is 32.6 Å². The molecule has 0 fully saturated rings. The van der Waals surface area contributed by atoms with Gasteiger partial charge in [0.05, 0.1) is 14.2 Å². The lowest BCUT2D eigenvalue weighted by Gasteiger charge is -2.16. The van der Waals surface area contributed by atoms with Crippen molar-refractivity contribution in [2.75, 3.05) is 32.9 Å². The van der Waals surface area contributed by atoms with Gasteiger partial charge < -0.3 is 14.0 Å². The summed E-state index contributed by atoms with van der Waals surface area (Å²) < 4.78 is 23.0. The molecule has 0 aliphatic rings. The fourth-order valence-corrected chi connectivity index (χ4v) is 4.24. The van der Waals surface area contributed by atoms with E-state index < -0.39 is 7.14 Å². The summed E-state index contributed by atoms with van der Waals surface area (Å²) in [5.41, 5.74) is 2.92. The highest BCUT2D eigenvalue weighted by atomic mass is 32.1. The number of benzene rings is 2. The Labute approximate surface area is 173 Å². The van der Waals surface area contributed by atoms with Gasteiger partial charge in [0.1, 0.15) is 12.9 Å². The van der Waals surface area contributed by atoms with Crippen molar-refractivity contribution in [2.24, 2.45) is 0 Å². The normalized spacial score (nSPS) is 11.2. The summed E-state index contributed by atoms with van der Waals surface area (Å²) in [5, 5.41) is 11.9. The number of hydrogen-bond acceptors (Lipinski definition) is 7. The Morgan fingerprint density at radius 1 is 1.03 bits per heavy atom. The molecule has 3 aromatic rings. The number of methoxy groups -OCH3 is 2. The molecule has 0 aliphatic carbocycles. The maximum atomic E-state index is 12.9. The number of hydrogen-bond donors (Lipinski definition) is 1. The van der Waals surface area contributed by atoms with Crippen molar-refractivity contribution in [3.63, 3.8) is 0 Å². The van der Waals surface area contributed by atoms with Gasteiger partial charge in [-0.25, -0.2) is 0 Å². The number of ether oxygens (including phenoxy) is 2. The van der Waals surface area contributed by atoms with Crippen LogP contribution < -0.4 is 20.1 Å². The Hall–Kier alpha value is -2.70. The Morgan fingerprint density at radius 3 is 2.41 bits per heavy atom. The van der Waals surface area contributed by atoms with Crippen LogP contribution in [0.1, 0.15) is 15.9 Å².